The van der Waals surface area contributed by atoms with E-state index in [4.69, 9.17) is 19.9 Å². The molecule has 0 aliphatic carbocycles. The SMILES string of the molecule is COCCOCCOCCC(CN)c1ccc(Br)cc1. The van der Waals surface area contributed by atoms with E-state index in [9.17, 15) is 0 Å². The first-order chi connectivity index (χ1) is 9.77. The van der Waals surface area contributed by atoms with Crippen molar-refractivity contribution in [3.05, 3.63) is 34.3 Å². The molecule has 5 heteroatoms. The molecular formula is C15H24BrNO3. The number of halogens is 1. The Morgan fingerprint density at radius 1 is 1.00 bits per heavy atom. The summed E-state index contributed by atoms with van der Waals surface area (Å²) in [6.07, 6.45) is 0.927. The summed E-state index contributed by atoms with van der Waals surface area (Å²) in [5, 5.41) is 0. The van der Waals surface area contributed by atoms with Gasteiger partial charge in [-0.05, 0) is 36.6 Å². The lowest BCUT2D eigenvalue weighted by Crippen LogP contribution is -2.16. The van der Waals surface area contributed by atoms with Gasteiger partial charge >= 0.3 is 0 Å². The molecule has 0 amide bonds. The van der Waals surface area contributed by atoms with E-state index in [1.165, 1.54) is 5.56 Å². The van der Waals surface area contributed by atoms with Crippen molar-refractivity contribution in [2.45, 2.75) is 12.3 Å². The smallest absolute Gasteiger partial charge is 0.0701 e. The Labute approximate surface area is 129 Å². The van der Waals surface area contributed by atoms with Crippen LogP contribution in [0.3, 0.4) is 0 Å². The second-order valence-electron chi connectivity index (χ2n) is 4.49. The number of ether oxygens (including phenoxy) is 3. The zero-order valence-electron chi connectivity index (χ0n) is 12.0. The molecule has 1 rings (SSSR count). The van der Waals surface area contributed by atoms with E-state index in [1.807, 2.05) is 12.1 Å². The Hall–Kier alpha value is -0.460. The molecule has 0 heterocycles. The molecule has 0 aliphatic heterocycles. The average molecular weight is 346 g/mol. The Morgan fingerprint density at radius 3 is 2.20 bits per heavy atom. The van der Waals surface area contributed by atoms with E-state index < -0.39 is 0 Å². The highest BCUT2D eigenvalue weighted by molar-refractivity contribution is 9.10. The van der Waals surface area contributed by atoms with Gasteiger partial charge in [0.25, 0.3) is 0 Å². The number of methoxy groups -OCH3 is 1. The lowest BCUT2D eigenvalue weighted by atomic mass is 9.96. The molecule has 0 bridgehead atoms. The Balaban J connectivity index is 2.14. The van der Waals surface area contributed by atoms with Crippen LogP contribution in [-0.4, -0.2) is 46.7 Å². The fourth-order valence-corrected chi connectivity index (χ4v) is 2.11. The van der Waals surface area contributed by atoms with Gasteiger partial charge in [-0.2, -0.15) is 0 Å². The maximum absolute atomic E-state index is 5.83. The van der Waals surface area contributed by atoms with E-state index in [0.717, 1.165) is 10.9 Å². The Bertz CT molecular complexity index is 345. The van der Waals surface area contributed by atoms with Crippen molar-refractivity contribution < 1.29 is 14.2 Å². The maximum atomic E-state index is 5.83. The minimum Gasteiger partial charge on any atom is -0.382 e. The Morgan fingerprint density at radius 2 is 1.60 bits per heavy atom. The molecule has 0 saturated carbocycles. The van der Waals surface area contributed by atoms with E-state index in [0.29, 0.717) is 45.5 Å². The van der Waals surface area contributed by atoms with E-state index in [2.05, 4.69) is 28.1 Å². The number of hydrogen-bond acceptors (Lipinski definition) is 4. The summed E-state index contributed by atoms with van der Waals surface area (Å²) in [6, 6.07) is 8.30. The monoisotopic (exact) mass is 345 g/mol. The fraction of sp³-hybridized carbons (Fsp3) is 0.600. The molecule has 1 aromatic rings. The molecule has 1 aromatic carbocycles. The van der Waals surface area contributed by atoms with Gasteiger partial charge < -0.3 is 19.9 Å². The average Bonchev–Trinajstić information content (AvgIpc) is 2.47. The minimum atomic E-state index is 0.345. The molecule has 1 unspecified atom stereocenters. The first kappa shape index (κ1) is 17.6. The summed E-state index contributed by atoms with van der Waals surface area (Å²) in [4.78, 5) is 0. The summed E-state index contributed by atoms with van der Waals surface area (Å²) in [7, 11) is 1.66. The summed E-state index contributed by atoms with van der Waals surface area (Å²) < 4.78 is 16.9. The van der Waals surface area contributed by atoms with Crippen LogP contribution in [0.1, 0.15) is 17.9 Å². The van der Waals surface area contributed by atoms with Crippen molar-refractivity contribution in [1.82, 2.24) is 0 Å². The van der Waals surface area contributed by atoms with Crippen LogP contribution in [0, 0.1) is 0 Å². The van der Waals surface area contributed by atoms with Gasteiger partial charge in [0.2, 0.25) is 0 Å². The van der Waals surface area contributed by atoms with Crippen LogP contribution >= 0.6 is 15.9 Å². The third-order valence-electron chi connectivity index (χ3n) is 3.04. The highest BCUT2D eigenvalue weighted by Gasteiger charge is 2.09. The number of nitrogens with two attached hydrogens (primary N) is 1. The summed E-state index contributed by atoms with van der Waals surface area (Å²) in [6.45, 7) is 3.79. The molecule has 0 aliphatic rings. The summed E-state index contributed by atoms with van der Waals surface area (Å²) in [5.74, 6) is 0.345. The van der Waals surface area contributed by atoms with Gasteiger partial charge in [-0.25, -0.2) is 0 Å². The van der Waals surface area contributed by atoms with Crippen molar-refractivity contribution in [2.75, 3.05) is 46.7 Å². The minimum absolute atomic E-state index is 0.345. The predicted octanol–water partition coefficient (Wildman–Crippen LogP) is 2.56. The molecule has 0 radical (unpaired) electrons. The van der Waals surface area contributed by atoms with Crippen molar-refractivity contribution in [3.8, 4) is 0 Å². The van der Waals surface area contributed by atoms with Gasteiger partial charge in [-0.15, -0.1) is 0 Å². The van der Waals surface area contributed by atoms with Gasteiger partial charge in [0.1, 0.15) is 0 Å². The van der Waals surface area contributed by atoms with Gasteiger partial charge in [0.15, 0.2) is 0 Å². The van der Waals surface area contributed by atoms with Gasteiger partial charge in [-0.3, -0.25) is 0 Å². The second-order valence-corrected chi connectivity index (χ2v) is 5.41. The van der Waals surface area contributed by atoms with Gasteiger partial charge in [-0.1, -0.05) is 28.1 Å². The third-order valence-corrected chi connectivity index (χ3v) is 3.57. The molecule has 0 saturated heterocycles. The lowest BCUT2D eigenvalue weighted by Gasteiger charge is -2.15. The quantitative estimate of drug-likeness (QED) is 0.626. The van der Waals surface area contributed by atoms with Crippen molar-refractivity contribution >= 4 is 15.9 Å². The van der Waals surface area contributed by atoms with E-state index >= 15 is 0 Å². The molecule has 4 nitrogen and oxygen atoms in total. The highest BCUT2D eigenvalue weighted by Crippen LogP contribution is 2.20. The molecule has 1 atom stereocenters. The largest absolute Gasteiger partial charge is 0.382 e. The molecule has 0 fully saturated rings. The zero-order chi connectivity index (χ0) is 14.6. The first-order valence-electron chi connectivity index (χ1n) is 6.88. The van der Waals surface area contributed by atoms with Crippen LogP contribution < -0.4 is 5.73 Å². The van der Waals surface area contributed by atoms with Crippen molar-refractivity contribution in [3.63, 3.8) is 0 Å². The highest BCUT2D eigenvalue weighted by atomic mass is 79.9. The molecule has 0 aromatic heterocycles. The van der Waals surface area contributed by atoms with Crippen molar-refractivity contribution in [2.24, 2.45) is 5.73 Å². The van der Waals surface area contributed by atoms with Gasteiger partial charge in [0.05, 0.1) is 26.4 Å². The third kappa shape index (κ3) is 7.36. The molecule has 0 spiro atoms. The number of benzene rings is 1. The van der Waals surface area contributed by atoms with E-state index in [-0.39, 0.29) is 0 Å². The van der Waals surface area contributed by atoms with Crippen LogP contribution in [0.5, 0.6) is 0 Å². The van der Waals surface area contributed by atoms with Crippen LogP contribution in [0.25, 0.3) is 0 Å². The molecular weight excluding hydrogens is 322 g/mol. The Kier molecular flexibility index (Phi) is 9.87. The maximum Gasteiger partial charge on any atom is 0.0701 e. The molecule has 20 heavy (non-hydrogen) atoms. The predicted molar refractivity (Wildman–Crippen MR) is 84.1 cm³/mol. The summed E-state index contributed by atoms with van der Waals surface area (Å²) >= 11 is 3.44. The standard InChI is InChI=1S/C15H24BrNO3/c1-18-8-9-20-11-10-19-7-6-14(12-17)13-2-4-15(16)5-3-13/h2-5,14H,6-12,17H2,1H3. The molecule has 2 N–H and O–H groups in total. The van der Waals surface area contributed by atoms with Gasteiger partial charge in [0, 0.05) is 18.2 Å². The van der Waals surface area contributed by atoms with Crippen LogP contribution in [0.15, 0.2) is 28.7 Å². The molecule has 114 valence electrons. The fourth-order valence-electron chi connectivity index (χ4n) is 1.85. The first-order valence-corrected chi connectivity index (χ1v) is 7.67. The number of hydrogen-bond donors (Lipinski definition) is 1. The van der Waals surface area contributed by atoms with Crippen LogP contribution in [0.4, 0.5) is 0 Å². The zero-order valence-corrected chi connectivity index (χ0v) is 13.6. The summed E-state index contributed by atoms with van der Waals surface area (Å²) in [5.41, 5.74) is 7.09. The topological polar surface area (TPSA) is 53.7 Å². The van der Waals surface area contributed by atoms with E-state index in [1.54, 1.807) is 7.11 Å². The van der Waals surface area contributed by atoms with Crippen molar-refractivity contribution in [1.29, 1.82) is 0 Å². The number of rotatable bonds is 11. The second kappa shape index (κ2) is 11.2. The van der Waals surface area contributed by atoms with Crippen LogP contribution in [-0.2, 0) is 14.2 Å². The van der Waals surface area contributed by atoms with Crippen LogP contribution in [0.2, 0.25) is 0 Å². The normalized spacial score (nSPS) is 12.6. The lowest BCUT2D eigenvalue weighted by molar-refractivity contribution is 0.0234.